The van der Waals surface area contributed by atoms with Crippen LogP contribution in [0.5, 0.6) is 0 Å². The molecule has 3 aromatic rings. The number of hydrogen-bond donors (Lipinski definition) is 1. The smallest absolute Gasteiger partial charge is 0.339 e. The van der Waals surface area contributed by atoms with Gasteiger partial charge in [-0.05, 0) is 24.3 Å². The number of hydrogen-bond acceptors (Lipinski definition) is 4. The quantitative estimate of drug-likeness (QED) is 0.777. The molecule has 0 amide bonds. The highest BCUT2D eigenvalue weighted by atomic mass is 19.4. The van der Waals surface area contributed by atoms with Gasteiger partial charge in [0.25, 0.3) is 0 Å². The van der Waals surface area contributed by atoms with Gasteiger partial charge in [0.1, 0.15) is 17.6 Å². The van der Waals surface area contributed by atoms with Crippen LogP contribution in [0.4, 0.5) is 24.7 Å². The van der Waals surface area contributed by atoms with E-state index in [2.05, 4.69) is 15.4 Å². The van der Waals surface area contributed by atoms with Gasteiger partial charge in [0, 0.05) is 18.7 Å². The van der Waals surface area contributed by atoms with Gasteiger partial charge in [-0.2, -0.15) is 23.5 Å². The van der Waals surface area contributed by atoms with E-state index in [1.54, 1.807) is 29.9 Å². The van der Waals surface area contributed by atoms with Gasteiger partial charge >= 0.3 is 6.18 Å². The minimum absolute atomic E-state index is 0.306. The lowest BCUT2D eigenvalue weighted by Gasteiger charge is -2.06. The highest BCUT2D eigenvalue weighted by Gasteiger charge is 2.30. The molecule has 5 nitrogen and oxygen atoms in total. The number of anilines is 2. The average molecular weight is 343 g/mol. The van der Waals surface area contributed by atoms with Crippen molar-refractivity contribution in [3.05, 3.63) is 59.9 Å². The maximum atomic E-state index is 12.6. The second-order valence-electron chi connectivity index (χ2n) is 5.28. The number of aromatic nitrogens is 3. The monoisotopic (exact) mass is 343 g/mol. The zero-order valence-corrected chi connectivity index (χ0v) is 13.0. The van der Waals surface area contributed by atoms with Gasteiger partial charge in [0.05, 0.1) is 23.1 Å². The van der Waals surface area contributed by atoms with Crippen molar-refractivity contribution in [3.63, 3.8) is 0 Å². The molecule has 0 aliphatic rings. The minimum Gasteiger partial charge on any atom is -0.339 e. The molecule has 126 valence electrons. The predicted molar refractivity (Wildman–Crippen MR) is 85.9 cm³/mol. The van der Waals surface area contributed by atoms with E-state index in [0.717, 1.165) is 12.1 Å². The fourth-order valence-corrected chi connectivity index (χ4v) is 2.24. The molecule has 0 bridgehead atoms. The summed E-state index contributed by atoms with van der Waals surface area (Å²) in [4.78, 5) is 3.96. The van der Waals surface area contributed by atoms with Gasteiger partial charge in [0.15, 0.2) is 0 Å². The lowest BCUT2D eigenvalue weighted by Crippen LogP contribution is -2.04. The van der Waals surface area contributed by atoms with E-state index < -0.39 is 11.7 Å². The lowest BCUT2D eigenvalue weighted by atomic mass is 10.1. The van der Waals surface area contributed by atoms with Crippen LogP contribution in [0, 0.1) is 11.3 Å². The number of pyridine rings is 1. The number of rotatable bonds is 3. The average Bonchev–Trinajstić information content (AvgIpc) is 2.96. The largest absolute Gasteiger partial charge is 0.416 e. The maximum absolute atomic E-state index is 12.6. The van der Waals surface area contributed by atoms with E-state index in [1.807, 2.05) is 6.07 Å². The first-order chi connectivity index (χ1) is 11.9. The molecule has 0 spiro atoms. The fraction of sp³-hybridized carbons (Fsp3) is 0.118. The van der Waals surface area contributed by atoms with E-state index in [1.165, 1.54) is 18.3 Å². The molecule has 2 heterocycles. The first-order valence-electron chi connectivity index (χ1n) is 7.21. The van der Waals surface area contributed by atoms with E-state index >= 15 is 0 Å². The molecule has 0 unspecified atom stereocenters. The summed E-state index contributed by atoms with van der Waals surface area (Å²) in [6.45, 7) is 0. The van der Waals surface area contributed by atoms with Crippen LogP contribution in [0.3, 0.4) is 0 Å². The third-order valence-corrected chi connectivity index (χ3v) is 3.54. The fourth-order valence-electron chi connectivity index (χ4n) is 2.24. The molecule has 0 radical (unpaired) electrons. The number of aryl methyl sites for hydroxylation is 1. The summed E-state index contributed by atoms with van der Waals surface area (Å²) in [7, 11) is 1.72. The molecule has 25 heavy (non-hydrogen) atoms. The Labute approximate surface area is 141 Å². The summed E-state index contributed by atoms with van der Waals surface area (Å²) in [6.07, 6.45) is -2.85. The number of benzene rings is 1. The van der Waals surface area contributed by atoms with Crippen molar-refractivity contribution in [2.45, 2.75) is 6.18 Å². The van der Waals surface area contributed by atoms with Crippen molar-refractivity contribution in [1.82, 2.24) is 14.8 Å². The van der Waals surface area contributed by atoms with Crippen molar-refractivity contribution in [3.8, 4) is 17.3 Å². The zero-order chi connectivity index (χ0) is 18.0. The van der Waals surface area contributed by atoms with Gasteiger partial charge in [-0.15, -0.1) is 0 Å². The molecule has 0 aliphatic carbocycles. The SMILES string of the molecule is Cn1nc(-c2ccc(C(F)(F)F)cc2)cc1Nc1ccc(C#N)nc1. The van der Waals surface area contributed by atoms with E-state index in [0.29, 0.717) is 28.5 Å². The highest BCUT2D eigenvalue weighted by molar-refractivity contribution is 5.66. The topological polar surface area (TPSA) is 66.5 Å². The van der Waals surface area contributed by atoms with E-state index in [4.69, 9.17) is 5.26 Å². The Bertz CT molecular complexity index is 919. The van der Waals surface area contributed by atoms with Crippen molar-refractivity contribution in [1.29, 1.82) is 5.26 Å². The normalized spacial score (nSPS) is 11.2. The second kappa shape index (κ2) is 6.28. The Hall–Kier alpha value is -3.34. The van der Waals surface area contributed by atoms with Crippen molar-refractivity contribution < 1.29 is 13.2 Å². The van der Waals surface area contributed by atoms with Gasteiger partial charge in [0.2, 0.25) is 0 Å². The first kappa shape index (κ1) is 16.5. The van der Waals surface area contributed by atoms with Gasteiger partial charge in [-0.25, -0.2) is 4.98 Å². The number of nitrogens with one attached hydrogen (secondary N) is 1. The summed E-state index contributed by atoms with van der Waals surface area (Å²) in [5.41, 5.74) is 1.39. The third kappa shape index (κ3) is 3.61. The molecule has 0 atom stereocenters. The van der Waals surface area contributed by atoms with Gasteiger partial charge in [-0.1, -0.05) is 12.1 Å². The van der Waals surface area contributed by atoms with Gasteiger partial charge in [-0.3, -0.25) is 4.68 Å². The van der Waals surface area contributed by atoms with Crippen LogP contribution in [0.2, 0.25) is 0 Å². The molecule has 1 aromatic carbocycles. The Morgan fingerprint density at radius 2 is 1.84 bits per heavy atom. The van der Waals surface area contributed by atoms with Crippen LogP contribution < -0.4 is 5.32 Å². The van der Waals surface area contributed by atoms with E-state index in [-0.39, 0.29) is 0 Å². The Kier molecular flexibility index (Phi) is 4.15. The standard InChI is InChI=1S/C17H12F3N5/c1-25-16(23-14-7-6-13(9-21)22-10-14)8-15(24-25)11-2-4-12(5-3-11)17(18,19)20/h2-8,10,23H,1H3. The molecular formula is C17H12F3N5. The molecular weight excluding hydrogens is 331 g/mol. The summed E-state index contributed by atoms with van der Waals surface area (Å²) in [5.74, 6) is 0.640. The van der Waals surface area contributed by atoms with Crippen LogP contribution in [0.25, 0.3) is 11.3 Å². The lowest BCUT2D eigenvalue weighted by molar-refractivity contribution is -0.137. The molecule has 8 heteroatoms. The Balaban J connectivity index is 1.83. The Morgan fingerprint density at radius 1 is 1.12 bits per heavy atom. The number of halogens is 3. The highest BCUT2D eigenvalue weighted by Crippen LogP contribution is 2.31. The van der Waals surface area contributed by atoms with Crippen molar-refractivity contribution >= 4 is 11.5 Å². The molecule has 0 saturated carbocycles. The van der Waals surface area contributed by atoms with Crippen molar-refractivity contribution in [2.75, 3.05) is 5.32 Å². The number of nitriles is 1. The third-order valence-electron chi connectivity index (χ3n) is 3.54. The summed E-state index contributed by atoms with van der Waals surface area (Å²) >= 11 is 0. The molecule has 0 saturated heterocycles. The second-order valence-corrected chi connectivity index (χ2v) is 5.28. The maximum Gasteiger partial charge on any atom is 0.416 e. The van der Waals surface area contributed by atoms with Crippen LogP contribution >= 0.6 is 0 Å². The van der Waals surface area contributed by atoms with Crippen LogP contribution in [0.1, 0.15) is 11.3 Å². The minimum atomic E-state index is -4.36. The van der Waals surface area contributed by atoms with Crippen molar-refractivity contribution in [2.24, 2.45) is 7.05 Å². The Morgan fingerprint density at radius 3 is 2.40 bits per heavy atom. The molecule has 3 rings (SSSR count). The van der Waals surface area contributed by atoms with Crippen LogP contribution in [-0.4, -0.2) is 14.8 Å². The number of alkyl halides is 3. The molecule has 0 fully saturated rings. The van der Waals surface area contributed by atoms with Crippen LogP contribution in [-0.2, 0) is 13.2 Å². The summed E-state index contributed by atoms with van der Waals surface area (Å²) in [5, 5.41) is 16.1. The van der Waals surface area contributed by atoms with Crippen LogP contribution in [0.15, 0.2) is 48.7 Å². The number of nitrogens with zero attached hydrogens (tertiary/aromatic N) is 4. The summed E-state index contributed by atoms with van der Waals surface area (Å²) in [6, 6.07) is 11.8. The molecule has 0 aliphatic heterocycles. The molecule has 1 N–H and O–H groups in total. The van der Waals surface area contributed by atoms with E-state index in [9.17, 15) is 13.2 Å². The summed E-state index contributed by atoms with van der Waals surface area (Å²) < 4.78 is 39.5. The first-order valence-corrected chi connectivity index (χ1v) is 7.21. The zero-order valence-electron chi connectivity index (χ0n) is 13.0. The van der Waals surface area contributed by atoms with Gasteiger partial charge < -0.3 is 5.32 Å². The predicted octanol–water partition coefficient (Wildman–Crippen LogP) is 4.12. The molecule has 2 aromatic heterocycles.